The van der Waals surface area contributed by atoms with Gasteiger partial charge in [-0.2, -0.15) is 0 Å². The van der Waals surface area contributed by atoms with Crippen molar-refractivity contribution in [2.45, 2.75) is 112 Å². The predicted octanol–water partition coefficient (Wildman–Crippen LogP) is 10.2. The molecule has 0 radical (unpaired) electrons. The summed E-state index contributed by atoms with van der Waals surface area (Å²) in [6.45, 7) is 12.9. The van der Waals surface area contributed by atoms with Crippen LogP contribution in [0.4, 0.5) is 0 Å². The zero-order valence-corrected chi connectivity index (χ0v) is 23.0. The second kappa shape index (κ2) is 9.78. The number of rotatable bonds is 6. The molecule has 0 heteroatoms. The predicted molar refractivity (Wildman–Crippen MR) is 147 cm³/mol. The van der Waals surface area contributed by atoms with Crippen molar-refractivity contribution in [1.29, 1.82) is 0 Å². The van der Waals surface area contributed by atoms with Gasteiger partial charge in [0.2, 0.25) is 0 Å². The van der Waals surface area contributed by atoms with E-state index in [4.69, 9.17) is 0 Å². The third-order valence-corrected chi connectivity index (χ3v) is 11.9. The number of hydrogen-bond acceptors (Lipinski definition) is 0. The van der Waals surface area contributed by atoms with Crippen LogP contribution in [-0.4, -0.2) is 0 Å². The molecule has 1 aromatic rings. The molecule has 4 aliphatic rings. The molecular weight excluding hydrogens is 408 g/mol. The maximum Gasteiger partial charge on any atom is -0.0257 e. The van der Waals surface area contributed by atoms with Crippen molar-refractivity contribution < 1.29 is 0 Å². The van der Waals surface area contributed by atoms with Crippen LogP contribution in [0.1, 0.15) is 117 Å². The average Bonchev–Trinajstić information content (AvgIpc) is 3.17. The zero-order valence-electron chi connectivity index (χ0n) is 23.0. The van der Waals surface area contributed by atoms with Gasteiger partial charge in [0.15, 0.2) is 0 Å². The number of benzene rings is 1. The van der Waals surface area contributed by atoms with Crippen LogP contribution in [-0.2, 0) is 0 Å². The molecule has 8 atom stereocenters. The van der Waals surface area contributed by atoms with Gasteiger partial charge in [-0.15, -0.1) is 0 Å². The highest BCUT2D eigenvalue weighted by molar-refractivity contribution is 5.53. The fraction of sp³-hybridized carbons (Fsp3) is 0.765. The summed E-state index contributed by atoms with van der Waals surface area (Å²) in [7, 11) is 0. The Morgan fingerprint density at radius 1 is 0.853 bits per heavy atom. The normalized spacial score (nSPS) is 41.7. The quantitative estimate of drug-likeness (QED) is 0.396. The zero-order chi connectivity index (χ0) is 23.9. The van der Waals surface area contributed by atoms with Crippen LogP contribution >= 0.6 is 0 Å². The van der Waals surface area contributed by atoms with E-state index in [1.165, 1.54) is 82.6 Å². The molecule has 0 aromatic heterocycles. The smallest absolute Gasteiger partial charge is 0.0257 e. The monoisotopic (exact) mass is 460 g/mol. The Hall–Kier alpha value is -1.04. The van der Waals surface area contributed by atoms with E-state index in [1.807, 2.05) is 0 Å². The van der Waals surface area contributed by atoms with Crippen molar-refractivity contribution in [1.82, 2.24) is 0 Å². The molecule has 4 saturated carbocycles. The van der Waals surface area contributed by atoms with Crippen LogP contribution in [0.25, 0.3) is 6.08 Å². The second-order valence-electron chi connectivity index (χ2n) is 14.1. The standard InChI is InChI=1S/C34H52/c1-24(2)10-9-11-25(3)30-16-17-31-29-15-14-28-23-27(22-26-12-7-6-8-13-26)18-20-33(28,4)32(29)19-21-34(30,31)5/h6-8,12-13,22,24-25,28-32H,9-11,14-21,23H2,1-5H3. The molecule has 0 N–H and O–H groups in total. The maximum atomic E-state index is 2.75. The van der Waals surface area contributed by atoms with Crippen LogP contribution in [0.2, 0.25) is 0 Å². The Balaban J connectivity index is 1.27. The van der Waals surface area contributed by atoms with Gasteiger partial charge in [0, 0.05) is 0 Å². The van der Waals surface area contributed by atoms with Gasteiger partial charge in [0.25, 0.3) is 0 Å². The Kier molecular flexibility index (Phi) is 7.09. The molecular formula is C34H52. The first-order chi connectivity index (χ1) is 16.3. The van der Waals surface area contributed by atoms with E-state index in [1.54, 1.807) is 5.57 Å². The molecule has 0 nitrogen and oxygen atoms in total. The van der Waals surface area contributed by atoms with E-state index in [2.05, 4.69) is 71.0 Å². The van der Waals surface area contributed by atoms with E-state index in [0.29, 0.717) is 10.8 Å². The molecule has 188 valence electrons. The summed E-state index contributed by atoms with van der Waals surface area (Å²) in [5.41, 5.74) is 4.36. The molecule has 0 saturated heterocycles. The highest BCUT2D eigenvalue weighted by atomic mass is 14.6. The number of hydrogen-bond donors (Lipinski definition) is 0. The maximum absolute atomic E-state index is 2.75. The second-order valence-corrected chi connectivity index (χ2v) is 14.1. The third kappa shape index (κ3) is 4.46. The van der Waals surface area contributed by atoms with Crippen LogP contribution in [0.3, 0.4) is 0 Å². The fourth-order valence-electron chi connectivity index (χ4n) is 10.0. The molecule has 0 bridgehead atoms. The average molecular weight is 461 g/mol. The van der Waals surface area contributed by atoms with Crippen molar-refractivity contribution in [3.63, 3.8) is 0 Å². The first-order valence-electron chi connectivity index (χ1n) is 15.1. The minimum atomic E-state index is 0.596. The van der Waals surface area contributed by atoms with Crippen molar-refractivity contribution in [2.24, 2.45) is 52.3 Å². The highest BCUT2D eigenvalue weighted by Gasteiger charge is 2.60. The first kappa shape index (κ1) is 24.6. The van der Waals surface area contributed by atoms with Crippen molar-refractivity contribution in [3.8, 4) is 0 Å². The molecule has 0 aliphatic heterocycles. The van der Waals surface area contributed by atoms with Gasteiger partial charge >= 0.3 is 0 Å². The third-order valence-electron chi connectivity index (χ3n) is 11.9. The Morgan fingerprint density at radius 2 is 1.62 bits per heavy atom. The van der Waals surface area contributed by atoms with Crippen molar-refractivity contribution in [2.75, 3.05) is 0 Å². The van der Waals surface area contributed by atoms with Crippen molar-refractivity contribution in [3.05, 3.63) is 41.5 Å². The van der Waals surface area contributed by atoms with E-state index in [9.17, 15) is 0 Å². The topological polar surface area (TPSA) is 0 Å². The van der Waals surface area contributed by atoms with E-state index in [0.717, 1.165) is 41.4 Å². The molecule has 0 heterocycles. The summed E-state index contributed by atoms with van der Waals surface area (Å²) < 4.78 is 0. The number of allylic oxidation sites excluding steroid dienone is 1. The molecule has 8 unspecified atom stereocenters. The van der Waals surface area contributed by atoms with Crippen LogP contribution in [0.5, 0.6) is 0 Å². The lowest BCUT2D eigenvalue weighted by Gasteiger charge is -2.61. The van der Waals surface area contributed by atoms with Gasteiger partial charge in [0.1, 0.15) is 0 Å². The molecule has 4 aliphatic carbocycles. The summed E-state index contributed by atoms with van der Waals surface area (Å²) in [5, 5.41) is 0. The molecule has 5 rings (SSSR count). The van der Waals surface area contributed by atoms with Crippen LogP contribution in [0, 0.1) is 52.3 Å². The highest BCUT2D eigenvalue weighted by Crippen LogP contribution is 2.68. The molecule has 4 fully saturated rings. The lowest BCUT2D eigenvalue weighted by Crippen LogP contribution is -2.53. The Morgan fingerprint density at radius 3 is 2.38 bits per heavy atom. The Labute approximate surface area is 211 Å². The van der Waals surface area contributed by atoms with E-state index < -0.39 is 0 Å². The van der Waals surface area contributed by atoms with Gasteiger partial charge in [-0.05, 0) is 116 Å². The lowest BCUT2D eigenvalue weighted by atomic mass is 9.44. The van der Waals surface area contributed by atoms with Crippen LogP contribution in [0.15, 0.2) is 35.9 Å². The lowest BCUT2D eigenvalue weighted by molar-refractivity contribution is -0.108. The molecule has 1 aromatic carbocycles. The molecule has 34 heavy (non-hydrogen) atoms. The van der Waals surface area contributed by atoms with Gasteiger partial charge in [-0.1, -0.05) is 95.9 Å². The SMILES string of the molecule is CC(C)CCCC(C)C1CCC2C3CCC4CC(=Cc5ccccc5)CCC4(C)C3CCC12C. The fourth-order valence-corrected chi connectivity index (χ4v) is 10.0. The van der Waals surface area contributed by atoms with Gasteiger partial charge in [-0.3, -0.25) is 0 Å². The summed E-state index contributed by atoms with van der Waals surface area (Å²) in [6, 6.07) is 11.1. The minimum Gasteiger partial charge on any atom is -0.0693 e. The van der Waals surface area contributed by atoms with E-state index in [-0.39, 0.29) is 0 Å². The number of fused-ring (bicyclic) bond motifs is 5. The summed E-state index contributed by atoms with van der Waals surface area (Å²) in [6.07, 6.45) is 20.1. The summed E-state index contributed by atoms with van der Waals surface area (Å²) in [4.78, 5) is 0. The Bertz CT molecular complexity index is 848. The largest absolute Gasteiger partial charge is 0.0693 e. The minimum absolute atomic E-state index is 0.596. The summed E-state index contributed by atoms with van der Waals surface area (Å²) >= 11 is 0. The summed E-state index contributed by atoms with van der Waals surface area (Å²) in [5.74, 6) is 6.74. The van der Waals surface area contributed by atoms with Crippen LogP contribution < -0.4 is 0 Å². The van der Waals surface area contributed by atoms with Crippen molar-refractivity contribution >= 4 is 6.08 Å². The van der Waals surface area contributed by atoms with E-state index >= 15 is 0 Å². The first-order valence-corrected chi connectivity index (χ1v) is 15.1. The molecule has 0 amide bonds. The van der Waals surface area contributed by atoms with Gasteiger partial charge in [0.05, 0.1) is 0 Å². The molecule has 0 spiro atoms. The van der Waals surface area contributed by atoms with Gasteiger partial charge in [-0.25, -0.2) is 0 Å². The van der Waals surface area contributed by atoms with Gasteiger partial charge < -0.3 is 0 Å².